The molecule has 4 nitrogen and oxygen atoms in total. The Morgan fingerprint density at radius 3 is 2.62 bits per heavy atom. The summed E-state index contributed by atoms with van der Waals surface area (Å²) in [5, 5.41) is 8.48. The van der Waals surface area contributed by atoms with Crippen molar-refractivity contribution in [1.82, 2.24) is 0 Å². The molecule has 1 aliphatic heterocycles. The number of ether oxygens (including phenoxy) is 2. The lowest BCUT2D eigenvalue weighted by atomic mass is 9.93. The predicted octanol–water partition coefficient (Wildman–Crippen LogP) is 0.823. The van der Waals surface area contributed by atoms with Gasteiger partial charge in [0.05, 0.1) is 5.60 Å². The van der Waals surface area contributed by atoms with E-state index in [1.807, 2.05) is 0 Å². The molecule has 4 heteroatoms. The molecule has 0 unspecified atom stereocenters. The average Bonchev–Trinajstić information content (AvgIpc) is 2.16. The number of carboxylic acid groups (broad SMARTS) is 1. The second-order valence-corrected chi connectivity index (χ2v) is 3.05. The average molecular weight is 186 g/mol. The van der Waals surface area contributed by atoms with Crippen LogP contribution in [0.1, 0.15) is 12.8 Å². The molecular weight excluding hydrogens is 172 g/mol. The van der Waals surface area contributed by atoms with Crippen LogP contribution in [0.3, 0.4) is 0 Å². The number of hydrogen-bond acceptors (Lipinski definition) is 3. The van der Waals surface area contributed by atoms with E-state index in [-0.39, 0.29) is 0 Å². The zero-order valence-corrected chi connectivity index (χ0v) is 7.66. The first-order chi connectivity index (χ1) is 6.18. The molecule has 0 aromatic heterocycles. The van der Waals surface area contributed by atoms with Crippen LogP contribution in [0.4, 0.5) is 0 Å². The van der Waals surface area contributed by atoms with Crippen molar-refractivity contribution in [2.24, 2.45) is 0 Å². The van der Waals surface area contributed by atoms with Crippen molar-refractivity contribution in [2.45, 2.75) is 18.4 Å². The van der Waals surface area contributed by atoms with Gasteiger partial charge in [-0.05, 0) is 6.08 Å². The first-order valence-electron chi connectivity index (χ1n) is 4.24. The largest absolute Gasteiger partial charge is 0.478 e. The zero-order chi connectivity index (χ0) is 9.73. The molecule has 0 radical (unpaired) electrons. The quantitative estimate of drug-likeness (QED) is 0.663. The van der Waals surface area contributed by atoms with Gasteiger partial charge in [0.15, 0.2) is 0 Å². The molecule has 0 bridgehead atoms. The summed E-state index contributed by atoms with van der Waals surface area (Å²) >= 11 is 0. The number of aliphatic carboxylic acids is 1. The van der Waals surface area contributed by atoms with Gasteiger partial charge >= 0.3 is 5.97 Å². The van der Waals surface area contributed by atoms with Crippen LogP contribution in [-0.4, -0.2) is 37.0 Å². The van der Waals surface area contributed by atoms with E-state index in [2.05, 4.69) is 0 Å². The van der Waals surface area contributed by atoms with Crippen LogP contribution in [0.2, 0.25) is 0 Å². The Balaban J connectivity index is 2.62. The van der Waals surface area contributed by atoms with Crippen molar-refractivity contribution in [1.29, 1.82) is 0 Å². The Morgan fingerprint density at radius 1 is 1.54 bits per heavy atom. The van der Waals surface area contributed by atoms with E-state index in [9.17, 15) is 4.79 Å². The van der Waals surface area contributed by atoms with Crippen molar-refractivity contribution in [3.05, 3.63) is 12.2 Å². The molecule has 1 N–H and O–H groups in total. The van der Waals surface area contributed by atoms with Gasteiger partial charge in [0.2, 0.25) is 0 Å². The predicted molar refractivity (Wildman–Crippen MR) is 46.6 cm³/mol. The summed E-state index contributed by atoms with van der Waals surface area (Å²) in [6, 6.07) is 0. The molecule has 13 heavy (non-hydrogen) atoms. The second-order valence-electron chi connectivity index (χ2n) is 3.05. The lowest BCUT2D eigenvalue weighted by Gasteiger charge is -2.32. The van der Waals surface area contributed by atoms with Crippen LogP contribution in [-0.2, 0) is 14.3 Å². The molecule has 1 heterocycles. The Hall–Kier alpha value is -0.870. The number of hydrogen-bond donors (Lipinski definition) is 1. The minimum Gasteiger partial charge on any atom is -0.478 e. The highest BCUT2D eigenvalue weighted by Gasteiger charge is 2.29. The fraction of sp³-hybridized carbons (Fsp3) is 0.667. The molecule has 0 spiro atoms. The zero-order valence-electron chi connectivity index (χ0n) is 7.66. The third-order valence-electron chi connectivity index (χ3n) is 2.28. The van der Waals surface area contributed by atoms with Crippen molar-refractivity contribution < 1.29 is 19.4 Å². The molecule has 0 aromatic rings. The molecule has 0 saturated carbocycles. The smallest absolute Gasteiger partial charge is 0.328 e. The molecule has 1 aliphatic rings. The minimum absolute atomic E-state index is 0.434. The summed E-state index contributed by atoms with van der Waals surface area (Å²) in [5.74, 6) is -0.942. The van der Waals surface area contributed by atoms with Gasteiger partial charge < -0.3 is 14.6 Å². The molecule has 1 rings (SSSR count). The van der Waals surface area contributed by atoms with E-state index in [0.717, 1.165) is 6.08 Å². The first kappa shape index (κ1) is 10.2. The summed E-state index contributed by atoms with van der Waals surface area (Å²) < 4.78 is 10.5. The van der Waals surface area contributed by atoms with Gasteiger partial charge in [-0.3, -0.25) is 0 Å². The summed E-state index contributed by atoms with van der Waals surface area (Å²) in [6.07, 6.45) is 4.17. The SMILES string of the molecule is COC1(C=CC(=O)O)CCOCC1. The highest BCUT2D eigenvalue weighted by molar-refractivity contribution is 5.79. The highest BCUT2D eigenvalue weighted by Crippen LogP contribution is 2.25. The number of methoxy groups -OCH3 is 1. The molecule has 0 atom stereocenters. The third-order valence-corrected chi connectivity index (χ3v) is 2.28. The van der Waals surface area contributed by atoms with Crippen molar-refractivity contribution in [3.8, 4) is 0 Å². The molecular formula is C9H14O4. The van der Waals surface area contributed by atoms with Gasteiger partial charge in [0, 0.05) is 39.2 Å². The van der Waals surface area contributed by atoms with Crippen LogP contribution in [0.15, 0.2) is 12.2 Å². The Bertz CT molecular complexity index is 204. The topological polar surface area (TPSA) is 55.8 Å². The Morgan fingerprint density at radius 2 is 2.15 bits per heavy atom. The lowest BCUT2D eigenvalue weighted by molar-refractivity contribution is -0.131. The maximum absolute atomic E-state index is 10.3. The summed E-state index contributed by atoms with van der Waals surface area (Å²) in [6.45, 7) is 1.25. The van der Waals surface area contributed by atoms with Crippen LogP contribution in [0.5, 0.6) is 0 Å². The maximum Gasteiger partial charge on any atom is 0.328 e. The standard InChI is InChI=1S/C9H14O4/c1-12-9(3-2-8(10)11)4-6-13-7-5-9/h2-3H,4-7H2,1H3,(H,10,11). The van der Waals surface area contributed by atoms with Crippen LogP contribution in [0.25, 0.3) is 0 Å². The number of rotatable bonds is 3. The van der Waals surface area contributed by atoms with Crippen LogP contribution < -0.4 is 0 Å². The summed E-state index contributed by atoms with van der Waals surface area (Å²) in [7, 11) is 1.59. The van der Waals surface area contributed by atoms with Crippen LogP contribution in [0, 0.1) is 0 Å². The van der Waals surface area contributed by atoms with E-state index in [0.29, 0.717) is 26.1 Å². The van der Waals surface area contributed by atoms with Gasteiger partial charge in [0.25, 0.3) is 0 Å². The van der Waals surface area contributed by atoms with Crippen LogP contribution >= 0.6 is 0 Å². The lowest BCUT2D eigenvalue weighted by Crippen LogP contribution is -2.36. The van der Waals surface area contributed by atoms with E-state index in [4.69, 9.17) is 14.6 Å². The van der Waals surface area contributed by atoms with Gasteiger partial charge in [-0.2, -0.15) is 0 Å². The van der Waals surface area contributed by atoms with E-state index in [1.54, 1.807) is 13.2 Å². The minimum atomic E-state index is -0.942. The van der Waals surface area contributed by atoms with Gasteiger partial charge in [-0.25, -0.2) is 4.79 Å². The van der Waals surface area contributed by atoms with E-state index in [1.165, 1.54) is 0 Å². The summed E-state index contributed by atoms with van der Waals surface area (Å²) in [4.78, 5) is 10.3. The number of carbonyl (C=O) groups is 1. The van der Waals surface area contributed by atoms with Gasteiger partial charge in [-0.1, -0.05) is 0 Å². The fourth-order valence-corrected chi connectivity index (χ4v) is 1.38. The first-order valence-corrected chi connectivity index (χ1v) is 4.24. The molecule has 1 saturated heterocycles. The summed E-state index contributed by atoms with van der Waals surface area (Å²) in [5.41, 5.74) is -0.434. The molecule has 0 aliphatic carbocycles. The molecule has 0 aromatic carbocycles. The molecule has 1 fully saturated rings. The fourth-order valence-electron chi connectivity index (χ4n) is 1.38. The van der Waals surface area contributed by atoms with Gasteiger partial charge in [-0.15, -0.1) is 0 Å². The third kappa shape index (κ3) is 2.82. The maximum atomic E-state index is 10.3. The van der Waals surface area contributed by atoms with E-state index >= 15 is 0 Å². The highest BCUT2D eigenvalue weighted by atomic mass is 16.5. The Labute approximate surface area is 77.1 Å². The van der Waals surface area contributed by atoms with Crippen molar-refractivity contribution in [2.75, 3.05) is 20.3 Å². The Kier molecular flexibility index (Phi) is 3.45. The monoisotopic (exact) mass is 186 g/mol. The second kappa shape index (κ2) is 4.39. The number of carboxylic acids is 1. The van der Waals surface area contributed by atoms with E-state index < -0.39 is 11.6 Å². The molecule has 0 amide bonds. The normalized spacial score (nSPS) is 21.9. The van der Waals surface area contributed by atoms with Crippen molar-refractivity contribution in [3.63, 3.8) is 0 Å². The van der Waals surface area contributed by atoms with Crippen molar-refractivity contribution >= 4 is 5.97 Å². The van der Waals surface area contributed by atoms with Gasteiger partial charge in [0.1, 0.15) is 0 Å². The molecule has 74 valence electrons.